The Morgan fingerprint density at radius 3 is 2.92 bits per heavy atom. The summed E-state index contributed by atoms with van der Waals surface area (Å²) in [6.07, 6.45) is 2.79. The number of halogens is 1. The Bertz CT molecular complexity index is 846. The average Bonchev–Trinajstić information content (AvgIpc) is 2.88. The number of hydrogen-bond acceptors (Lipinski definition) is 4. The van der Waals surface area contributed by atoms with E-state index >= 15 is 0 Å². The molecule has 2 heterocycles. The second-order valence-electron chi connectivity index (χ2n) is 6.77. The summed E-state index contributed by atoms with van der Waals surface area (Å²) in [4.78, 5) is 14.1. The molecule has 1 aliphatic carbocycles. The topological polar surface area (TPSA) is 61.4 Å². The predicted octanol–water partition coefficient (Wildman–Crippen LogP) is 4.35. The number of nitrogens with one attached hydrogen (secondary N) is 2. The Morgan fingerprint density at radius 1 is 1.33 bits per heavy atom. The summed E-state index contributed by atoms with van der Waals surface area (Å²) < 4.78 is 1.04. The molecule has 0 unspecified atom stereocenters. The molecule has 0 spiro atoms. The first-order chi connectivity index (χ1) is 11.4. The number of benzene rings is 1. The normalized spacial score (nSPS) is 22.4. The van der Waals surface area contributed by atoms with Gasteiger partial charge in [0.1, 0.15) is 16.9 Å². The molecule has 24 heavy (non-hydrogen) atoms. The summed E-state index contributed by atoms with van der Waals surface area (Å²) in [6, 6.07) is 3.85. The molecule has 0 saturated carbocycles. The van der Waals surface area contributed by atoms with Crippen molar-refractivity contribution >= 4 is 44.8 Å². The van der Waals surface area contributed by atoms with Gasteiger partial charge in [0.25, 0.3) is 5.91 Å². The number of hydrogen-bond donors (Lipinski definition) is 3. The van der Waals surface area contributed by atoms with Gasteiger partial charge in [0.15, 0.2) is 0 Å². The zero-order valence-electron chi connectivity index (χ0n) is 13.6. The molecule has 3 N–H and O–H groups in total. The molecule has 0 saturated heterocycles. The van der Waals surface area contributed by atoms with Crippen molar-refractivity contribution < 1.29 is 9.90 Å². The van der Waals surface area contributed by atoms with Gasteiger partial charge in [-0.3, -0.25) is 4.79 Å². The highest BCUT2D eigenvalue weighted by molar-refractivity contribution is 14.1. The van der Waals surface area contributed by atoms with Gasteiger partial charge in [0.05, 0.1) is 5.56 Å². The molecule has 0 radical (unpaired) electrons. The quantitative estimate of drug-likeness (QED) is 0.562. The Hall–Kier alpha value is -1.28. The lowest BCUT2D eigenvalue weighted by molar-refractivity contribution is 0.0935. The minimum Gasteiger partial charge on any atom is -0.507 e. The molecule has 0 bridgehead atoms. The molecule has 2 aliphatic rings. The molecule has 1 aromatic heterocycles. The van der Waals surface area contributed by atoms with E-state index in [1.165, 1.54) is 10.4 Å². The largest absolute Gasteiger partial charge is 0.507 e. The highest BCUT2D eigenvalue weighted by atomic mass is 127. The van der Waals surface area contributed by atoms with Crippen LogP contribution in [0.1, 0.15) is 51.4 Å². The molecule has 4 nitrogen and oxygen atoms in total. The molecular weight excluding hydrogens is 435 g/mol. The summed E-state index contributed by atoms with van der Waals surface area (Å²) in [6.45, 7) is 4.15. The molecule has 1 aromatic carbocycles. The number of rotatable bonds is 1. The number of phenols is 1. The number of carbonyl (C=O) groups excluding carboxylic acids is 1. The van der Waals surface area contributed by atoms with E-state index in [-0.39, 0.29) is 11.7 Å². The van der Waals surface area contributed by atoms with Gasteiger partial charge in [0, 0.05) is 14.0 Å². The van der Waals surface area contributed by atoms with Crippen LogP contribution in [0.15, 0.2) is 12.1 Å². The van der Waals surface area contributed by atoms with Gasteiger partial charge in [-0.2, -0.15) is 0 Å². The van der Waals surface area contributed by atoms with Crippen molar-refractivity contribution in [3.63, 3.8) is 0 Å². The van der Waals surface area contributed by atoms with E-state index in [1.54, 1.807) is 11.3 Å². The molecule has 126 valence electrons. The first-order valence-electron chi connectivity index (χ1n) is 8.15. The molecule has 6 heteroatoms. The number of fused-ring (bicyclic) bond motifs is 3. The highest BCUT2D eigenvalue weighted by Gasteiger charge is 2.34. The van der Waals surface area contributed by atoms with E-state index in [0.29, 0.717) is 5.92 Å². The van der Waals surface area contributed by atoms with Crippen LogP contribution in [-0.4, -0.2) is 11.0 Å². The maximum absolute atomic E-state index is 12.7. The van der Waals surface area contributed by atoms with Gasteiger partial charge in [-0.05, 0) is 78.0 Å². The number of aromatic hydroxyl groups is 1. The van der Waals surface area contributed by atoms with Crippen LogP contribution in [0, 0.1) is 16.4 Å². The van der Waals surface area contributed by atoms with Crippen LogP contribution in [0.5, 0.6) is 5.75 Å². The van der Waals surface area contributed by atoms with Crippen molar-refractivity contribution in [3.8, 4) is 5.75 Å². The van der Waals surface area contributed by atoms with Crippen LogP contribution in [0.3, 0.4) is 0 Å². The summed E-state index contributed by atoms with van der Waals surface area (Å²) in [5.41, 5.74) is 3.58. The van der Waals surface area contributed by atoms with Crippen molar-refractivity contribution in [3.05, 3.63) is 42.8 Å². The lowest BCUT2D eigenvalue weighted by Gasteiger charge is -2.28. The zero-order chi connectivity index (χ0) is 17.0. The van der Waals surface area contributed by atoms with Crippen molar-refractivity contribution in [2.24, 2.45) is 5.92 Å². The smallest absolute Gasteiger partial charge is 0.256 e. The first kappa shape index (κ1) is 16.2. The molecule has 1 amide bonds. The second-order valence-corrected chi connectivity index (χ2v) is 9.12. The lowest BCUT2D eigenvalue weighted by atomic mass is 9.88. The Labute approximate surface area is 158 Å². The van der Waals surface area contributed by atoms with Gasteiger partial charge in [0.2, 0.25) is 0 Å². The van der Waals surface area contributed by atoms with Crippen molar-refractivity contribution in [2.45, 2.75) is 39.3 Å². The number of carbonyl (C=O) groups is 1. The number of thiophene rings is 1. The number of amides is 1. The first-order valence-corrected chi connectivity index (χ1v) is 10.0. The number of aryl methyl sites for hydroxylation is 1. The van der Waals surface area contributed by atoms with E-state index in [2.05, 4.69) is 40.1 Å². The number of anilines is 1. The predicted molar refractivity (Wildman–Crippen MR) is 105 cm³/mol. The second kappa shape index (κ2) is 5.91. The fourth-order valence-electron chi connectivity index (χ4n) is 3.60. The zero-order valence-corrected chi connectivity index (χ0v) is 16.5. The Kier molecular flexibility index (Phi) is 3.99. The fraction of sp³-hybridized carbons (Fsp3) is 0.389. The Morgan fingerprint density at radius 2 is 2.12 bits per heavy atom. The third-order valence-corrected chi connectivity index (χ3v) is 6.70. The van der Waals surface area contributed by atoms with E-state index in [1.807, 2.05) is 19.1 Å². The van der Waals surface area contributed by atoms with E-state index < -0.39 is 6.17 Å². The van der Waals surface area contributed by atoms with Crippen molar-refractivity contribution in [2.75, 3.05) is 5.32 Å². The molecule has 2 aromatic rings. The maximum Gasteiger partial charge on any atom is 0.256 e. The van der Waals surface area contributed by atoms with Crippen LogP contribution in [0.4, 0.5) is 5.00 Å². The summed E-state index contributed by atoms with van der Waals surface area (Å²) in [5.74, 6) is 0.891. The van der Waals surface area contributed by atoms with E-state index in [0.717, 1.165) is 44.5 Å². The summed E-state index contributed by atoms with van der Waals surface area (Å²) in [5, 5.41) is 17.8. The Balaban J connectivity index is 1.74. The lowest BCUT2D eigenvalue weighted by Crippen LogP contribution is -2.38. The van der Waals surface area contributed by atoms with Gasteiger partial charge >= 0.3 is 0 Å². The standard InChI is InChI=1S/C18H19IN2O2S/c1-8-3-4-11-13(5-8)24-18-14(11)17(23)20-16(21-18)12-7-10(19)6-9(2)15(12)22/h6-8,16,21-22H,3-5H2,1-2H3,(H,20,23)/t8-,16+/m0/s1. The van der Waals surface area contributed by atoms with Gasteiger partial charge < -0.3 is 15.7 Å². The van der Waals surface area contributed by atoms with Crippen LogP contribution in [-0.2, 0) is 12.8 Å². The molecule has 2 atom stereocenters. The van der Waals surface area contributed by atoms with E-state index in [4.69, 9.17) is 0 Å². The highest BCUT2D eigenvalue weighted by Crippen LogP contribution is 2.43. The summed E-state index contributed by atoms with van der Waals surface area (Å²) >= 11 is 3.93. The maximum atomic E-state index is 12.7. The average molecular weight is 454 g/mol. The van der Waals surface area contributed by atoms with E-state index in [9.17, 15) is 9.90 Å². The van der Waals surface area contributed by atoms with Gasteiger partial charge in [-0.25, -0.2) is 0 Å². The third-order valence-electron chi connectivity index (χ3n) is 4.90. The molecule has 4 rings (SSSR count). The molecule has 1 aliphatic heterocycles. The van der Waals surface area contributed by atoms with Crippen LogP contribution in [0.2, 0.25) is 0 Å². The minimum atomic E-state index is -0.393. The molecular formula is C18H19IN2O2S. The van der Waals surface area contributed by atoms with Crippen molar-refractivity contribution in [1.82, 2.24) is 5.32 Å². The number of phenolic OH excluding ortho intramolecular Hbond substituents is 1. The monoisotopic (exact) mass is 454 g/mol. The van der Waals surface area contributed by atoms with Crippen LogP contribution in [0.25, 0.3) is 0 Å². The molecule has 0 fully saturated rings. The third kappa shape index (κ3) is 2.60. The van der Waals surface area contributed by atoms with Gasteiger partial charge in [-0.15, -0.1) is 11.3 Å². The van der Waals surface area contributed by atoms with Crippen LogP contribution < -0.4 is 10.6 Å². The fourth-order valence-corrected chi connectivity index (χ4v) is 5.84. The minimum absolute atomic E-state index is 0.0308. The summed E-state index contributed by atoms with van der Waals surface area (Å²) in [7, 11) is 0. The van der Waals surface area contributed by atoms with Gasteiger partial charge in [-0.1, -0.05) is 6.92 Å². The van der Waals surface area contributed by atoms with Crippen LogP contribution >= 0.6 is 33.9 Å². The van der Waals surface area contributed by atoms with Crippen molar-refractivity contribution in [1.29, 1.82) is 0 Å². The SMILES string of the molecule is Cc1cc(I)cc([C@@H]2NC(=O)c3c(sc4c3CC[C@H](C)C4)N2)c1O.